The van der Waals surface area contributed by atoms with Crippen LogP contribution in [0, 0.1) is 0 Å². The van der Waals surface area contributed by atoms with Crippen LogP contribution in [0.2, 0.25) is 0 Å². The van der Waals surface area contributed by atoms with E-state index in [9.17, 15) is 4.79 Å². The smallest absolute Gasteiger partial charge is 0.316 e. The molecule has 0 saturated carbocycles. The molecule has 0 unspecified atom stereocenters. The second-order valence-electron chi connectivity index (χ2n) is 3.92. The van der Waals surface area contributed by atoms with Crippen molar-refractivity contribution < 1.29 is 14.3 Å². The number of methoxy groups -OCH3 is 1. The Balaban J connectivity index is 2.38. The summed E-state index contributed by atoms with van der Waals surface area (Å²) < 4.78 is 10.3. The average Bonchev–Trinajstić information content (AvgIpc) is 2.39. The molecule has 0 N–H and O–H groups in total. The first kappa shape index (κ1) is 11.1. The maximum Gasteiger partial charge on any atom is 0.316 e. The van der Waals surface area contributed by atoms with E-state index in [-0.39, 0.29) is 5.97 Å². The van der Waals surface area contributed by atoms with Crippen LogP contribution in [0.4, 0.5) is 0 Å². The van der Waals surface area contributed by atoms with Gasteiger partial charge in [0.1, 0.15) is 0 Å². The van der Waals surface area contributed by atoms with Crippen molar-refractivity contribution in [3.05, 3.63) is 30.1 Å². The largest absolute Gasteiger partial charge is 0.468 e. The summed E-state index contributed by atoms with van der Waals surface area (Å²) in [7, 11) is 1.43. The summed E-state index contributed by atoms with van der Waals surface area (Å²) in [5.74, 6) is -0.179. The fraction of sp³-hybridized carbons (Fsp3) is 0.500. The Morgan fingerprint density at radius 3 is 2.56 bits per heavy atom. The van der Waals surface area contributed by atoms with Crippen LogP contribution in [0.5, 0.6) is 0 Å². The summed E-state index contributed by atoms with van der Waals surface area (Å²) in [4.78, 5) is 16.0. The van der Waals surface area contributed by atoms with Gasteiger partial charge in [-0.25, -0.2) is 0 Å². The number of esters is 1. The normalized spacial score (nSPS) is 19.1. The lowest BCUT2D eigenvalue weighted by molar-refractivity contribution is -0.151. The monoisotopic (exact) mass is 221 g/mol. The van der Waals surface area contributed by atoms with Gasteiger partial charge in [-0.3, -0.25) is 9.78 Å². The minimum Gasteiger partial charge on any atom is -0.468 e. The molecule has 0 radical (unpaired) electrons. The molecule has 0 aromatic carbocycles. The van der Waals surface area contributed by atoms with Crippen LogP contribution in [0.3, 0.4) is 0 Å². The highest BCUT2D eigenvalue weighted by molar-refractivity contribution is 5.83. The third kappa shape index (κ3) is 1.80. The van der Waals surface area contributed by atoms with Gasteiger partial charge in [0.25, 0.3) is 0 Å². The quantitative estimate of drug-likeness (QED) is 0.706. The minimum atomic E-state index is -0.546. The van der Waals surface area contributed by atoms with Gasteiger partial charge in [0.05, 0.1) is 12.5 Å². The van der Waals surface area contributed by atoms with E-state index in [0.29, 0.717) is 26.1 Å². The van der Waals surface area contributed by atoms with Crippen molar-refractivity contribution >= 4 is 5.97 Å². The van der Waals surface area contributed by atoms with Gasteiger partial charge in [0, 0.05) is 25.6 Å². The van der Waals surface area contributed by atoms with Gasteiger partial charge in [-0.1, -0.05) is 0 Å². The zero-order valence-electron chi connectivity index (χ0n) is 9.31. The van der Waals surface area contributed by atoms with Crippen LogP contribution in [0.15, 0.2) is 24.5 Å². The molecule has 0 bridgehead atoms. The molecule has 0 atom stereocenters. The molecule has 1 saturated heterocycles. The second kappa shape index (κ2) is 4.61. The van der Waals surface area contributed by atoms with Crippen LogP contribution in [0.1, 0.15) is 18.4 Å². The molecule has 2 rings (SSSR count). The predicted molar refractivity (Wildman–Crippen MR) is 58.0 cm³/mol. The van der Waals surface area contributed by atoms with Gasteiger partial charge >= 0.3 is 5.97 Å². The Morgan fingerprint density at radius 1 is 1.38 bits per heavy atom. The van der Waals surface area contributed by atoms with E-state index in [4.69, 9.17) is 9.47 Å². The van der Waals surface area contributed by atoms with E-state index in [1.165, 1.54) is 7.11 Å². The SMILES string of the molecule is COC(=O)C1(c2ccncc2)CCOCC1. The molecule has 1 fully saturated rings. The molecule has 0 spiro atoms. The highest BCUT2D eigenvalue weighted by Crippen LogP contribution is 2.35. The first-order valence-electron chi connectivity index (χ1n) is 5.36. The standard InChI is InChI=1S/C12H15NO3/c1-15-11(14)12(4-8-16-9-5-12)10-2-6-13-7-3-10/h2-3,6-7H,4-5,8-9H2,1H3. The Kier molecular flexibility index (Phi) is 3.19. The lowest BCUT2D eigenvalue weighted by Crippen LogP contribution is -2.42. The number of carbonyl (C=O) groups is 1. The van der Waals surface area contributed by atoms with Gasteiger partial charge in [-0.2, -0.15) is 0 Å². The number of aromatic nitrogens is 1. The van der Waals surface area contributed by atoms with Crippen molar-refractivity contribution in [3.8, 4) is 0 Å². The third-order valence-electron chi connectivity index (χ3n) is 3.16. The maximum absolute atomic E-state index is 12.0. The molecular weight excluding hydrogens is 206 g/mol. The van der Waals surface area contributed by atoms with Crippen molar-refractivity contribution in [2.75, 3.05) is 20.3 Å². The van der Waals surface area contributed by atoms with E-state index in [1.54, 1.807) is 12.4 Å². The van der Waals surface area contributed by atoms with Crippen molar-refractivity contribution in [1.82, 2.24) is 4.98 Å². The summed E-state index contributed by atoms with van der Waals surface area (Å²) >= 11 is 0. The summed E-state index contributed by atoms with van der Waals surface area (Å²) in [6.45, 7) is 1.19. The zero-order chi connectivity index (χ0) is 11.4. The number of nitrogens with zero attached hydrogens (tertiary/aromatic N) is 1. The third-order valence-corrected chi connectivity index (χ3v) is 3.16. The fourth-order valence-electron chi connectivity index (χ4n) is 2.20. The van der Waals surface area contributed by atoms with Gasteiger partial charge in [0.15, 0.2) is 0 Å². The molecule has 1 aliphatic heterocycles. The summed E-state index contributed by atoms with van der Waals surface area (Å²) in [6.07, 6.45) is 4.75. The second-order valence-corrected chi connectivity index (χ2v) is 3.92. The van der Waals surface area contributed by atoms with Crippen molar-refractivity contribution in [2.45, 2.75) is 18.3 Å². The number of rotatable bonds is 2. The summed E-state index contributed by atoms with van der Waals surface area (Å²) in [5.41, 5.74) is 0.424. The molecule has 4 nitrogen and oxygen atoms in total. The van der Waals surface area contributed by atoms with Crippen LogP contribution < -0.4 is 0 Å². The molecule has 86 valence electrons. The van der Waals surface area contributed by atoms with Crippen molar-refractivity contribution in [1.29, 1.82) is 0 Å². The number of hydrogen-bond acceptors (Lipinski definition) is 4. The van der Waals surface area contributed by atoms with Crippen molar-refractivity contribution in [2.24, 2.45) is 0 Å². The molecule has 0 amide bonds. The Bertz CT molecular complexity index is 358. The number of carbonyl (C=O) groups excluding carboxylic acids is 1. The number of hydrogen-bond donors (Lipinski definition) is 0. The Hall–Kier alpha value is -1.42. The van der Waals surface area contributed by atoms with Crippen LogP contribution >= 0.6 is 0 Å². The van der Waals surface area contributed by atoms with Crippen LogP contribution in [0.25, 0.3) is 0 Å². The van der Waals surface area contributed by atoms with E-state index in [2.05, 4.69) is 4.98 Å². The van der Waals surface area contributed by atoms with Gasteiger partial charge in [-0.15, -0.1) is 0 Å². The first-order chi connectivity index (χ1) is 7.79. The Morgan fingerprint density at radius 2 is 2.00 bits per heavy atom. The molecule has 1 aromatic rings. The first-order valence-corrected chi connectivity index (χ1v) is 5.36. The van der Waals surface area contributed by atoms with E-state index >= 15 is 0 Å². The number of ether oxygens (including phenoxy) is 2. The van der Waals surface area contributed by atoms with E-state index in [1.807, 2.05) is 12.1 Å². The number of pyridine rings is 1. The highest BCUT2D eigenvalue weighted by atomic mass is 16.5. The maximum atomic E-state index is 12.0. The predicted octanol–water partition coefficient (Wildman–Crippen LogP) is 1.30. The van der Waals surface area contributed by atoms with Gasteiger partial charge < -0.3 is 9.47 Å². The lowest BCUT2D eigenvalue weighted by Gasteiger charge is -2.34. The minimum absolute atomic E-state index is 0.179. The summed E-state index contributed by atoms with van der Waals surface area (Å²) in [6, 6.07) is 3.75. The lowest BCUT2D eigenvalue weighted by atomic mass is 9.74. The van der Waals surface area contributed by atoms with E-state index in [0.717, 1.165) is 5.56 Å². The Labute approximate surface area is 94.6 Å². The molecule has 16 heavy (non-hydrogen) atoms. The van der Waals surface area contributed by atoms with Crippen molar-refractivity contribution in [3.63, 3.8) is 0 Å². The highest BCUT2D eigenvalue weighted by Gasteiger charge is 2.42. The molecule has 1 aromatic heterocycles. The van der Waals surface area contributed by atoms with Crippen LogP contribution in [-0.2, 0) is 19.7 Å². The topological polar surface area (TPSA) is 48.4 Å². The van der Waals surface area contributed by atoms with Crippen LogP contribution in [-0.4, -0.2) is 31.3 Å². The molecule has 0 aliphatic carbocycles. The molecule has 4 heteroatoms. The van der Waals surface area contributed by atoms with E-state index < -0.39 is 5.41 Å². The molecule has 2 heterocycles. The fourth-order valence-corrected chi connectivity index (χ4v) is 2.20. The van der Waals surface area contributed by atoms with Gasteiger partial charge in [-0.05, 0) is 30.5 Å². The average molecular weight is 221 g/mol. The molecule has 1 aliphatic rings. The van der Waals surface area contributed by atoms with Gasteiger partial charge in [0.2, 0.25) is 0 Å². The molecular formula is C12H15NO3. The zero-order valence-corrected chi connectivity index (χ0v) is 9.31. The summed E-state index contributed by atoms with van der Waals surface area (Å²) in [5, 5.41) is 0.